The number of nitrogen functional groups attached to an aromatic ring is 1. The van der Waals surface area contributed by atoms with Crippen molar-refractivity contribution in [3.63, 3.8) is 0 Å². The van der Waals surface area contributed by atoms with Gasteiger partial charge in [0.2, 0.25) is 0 Å². The number of pyridine rings is 3. The van der Waals surface area contributed by atoms with Crippen LogP contribution in [0.1, 0.15) is 5.56 Å². The monoisotopic (exact) mass is 495 g/mol. The van der Waals surface area contributed by atoms with E-state index in [4.69, 9.17) is 19.9 Å². The number of anilines is 1. The molecule has 5 rings (SSSR count). The number of fused-ring (bicyclic) bond motifs is 3. The number of ether oxygens (including phenoxy) is 3. The summed E-state index contributed by atoms with van der Waals surface area (Å²) in [5.74, 6) is 2.31. The molecule has 0 fully saturated rings. The van der Waals surface area contributed by atoms with Crippen LogP contribution >= 0.6 is 0 Å². The van der Waals surface area contributed by atoms with Crippen molar-refractivity contribution in [1.29, 1.82) is 0 Å². The molecule has 0 aliphatic heterocycles. The van der Waals surface area contributed by atoms with E-state index in [9.17, 15) is 0 Å². The normalized spacial score (nSPS) is 11.2. The molecule has 5 aromatic rings. The van der Waals surface area contributed by atoms with Gasteiger partial charge in [-0.3, -0.25) is 14.9 Å². The molecule has 0 aliphatic rings. The Morgan fingerprint density at radius 1 is 0.865 bits per heavy atom. The maximum Gasteiger partial charge on any atom is 0.162 e. The summed E-state index contributed by atoms with van der Waals surface area (Å²) in [4.78, 5) is 15.8. The minimum absolute atomic E-state index is 0.394. The van der Waals surface area contributed by atoms with E-state index in [0.29, 0.717) is 35.4 Å². The van der Waals surface area contributed by atoms with Gasteiger partial charge in [-0.05, 0) is 36.2 Å². The third kappa shape index (κ3) is 5.24. The van der Waals surface area contributed by atoms with E-state index >= 15 is 0 Å². The van der Waals surface area contributed by atoms with Crippen LogP contribution in [0.25, 0.3) is 32.9 Å². The number of methoxy groups -OCH3 is 2. The number of aromatic nitrogens is 3. The van der Waals surface area contributed by atoms with Crippen LogP contribution < -0.4 is 19.9 Å². The molecule has 0 unspecified atom stereocenters. The quantitative estimate of drug-likeness (QED) is 0.287. The molecule has 8 nitrogen and oxygen atoms in total. The maximum atomic E-state index is 6.36. The Morgan fingerprint density at radius 3 is 2.43 bits per heavy atom. The molecule has 37 heavy (non-hydrogen) atoms. The first-order valence-corrected chi connectivity index (χ1v) is 12.0. The van der Waals surface area contributed by atoms with Crippen LogP contribution in [0.15, 0.2) is 73.2 Å². The first kappa shape index (κ1) is 24.3. The minimum Gasteiger partial charge on any atom is -0.493 e. The third-order valence-electron chi connectivity index (χ3n) is 6.26. The standard InChI is InChI=1S/C29H29N5O3/c1-34(18-19-7-5-4-6-8-19)9-10-37-21-11-20(15-31-16-21)25-12-22-23-13-27(35-2)28(36-3)14-26(23)32-17-24(22)29(30)33-25/h4-8,11-17H,9-10,18H2,1-3H3,(H2,30,33). The van der Waals surface area contributed by atoms with E-state index in [2.05, 4.69) is 51.2 Å². The average molecular weight is 496 g/mol. The zero-order valence-electron chi connectivity index (χ0n) is 21.1. The van der Waals surface area contributed by atoms with Crippen LogP contribution in [0.5, 0.6) is 17.2 Å². The molecule has 0 aliphatic carbocycles. The summed E-state index contributed by atoms with van der Waals surface area (Å²) >= 11 is 0. The molecule has 188 valence electrons. The molecule has 8 heteroatoms. The van der Waals surface area contributed by atoms with Gasteiger partial charge in [0.25, 0.3) is 0 Å². The second kappa shape index (κ2) is 10.7. The molecule has 3 heterocycles. The second-order valence-electron chi connectivity index (χ2n) is 8.82. The first-order chi connectivity index (χ1) is 18.1. The second-order valence-corrected chi connectivity index (χ2v) is 8.82. The fourth-order valence-electron chi connectivity index (χ4n) is 4.34. The largest absolute Gasteiger partial charge is 0.493 e. The molecule has 0 radical (unpaired) electrons. The van der Waals surface area contributed by atoms with Gasteiger partial charge in [-0.2, -0.15) is 0 Å². The average Bonchev–Trinajstić information content (AvgIpc) is 2.92. The third-order valence-corrected chi connectivity index (χ3v) is 6.26. The van der Waals surface area contributed by atoms with Gasteiger partial charge in [-0.15, -0.1) is 0 Å². The maximum absolute atomic E-state index is 6.36. The van der Waals surface area contributed by atoms with Gasteiger partial charge >= 0.3 is 0 Å². The number of nitrogens with zero attached hydrogens (tertiary/aromatic N) is 4. The van der Waals surface area contributed by atoms with E-state index in [-0.39, 0.29) is 0 Å². The highest BCUT2D eigenvalue weighted by molar-refractivity contribution is 6.10. The molecule has 0 bridgehead atoms. The van der Waals surface area contributed by atoms with Crippen LogP contribution in [0.3, 0.4) is 0 Å². The molecule has 3 aromatic heterocycles. The van der Waals surface area contributed by atoms with Crippen molar-refractivity contribution in [1.82, 2.24) is 19.9 Å². The lowest BCUT2D eigenvalue weighted by Crippen LogP contribution is -2.23. The molecule has 0 amide bonds. The molecular weight excluding hydrogens is 466 g/mol. The molecule has 2 aromatic carbocycles. The number of hydrogen-bond donors (Lipinski definition) is 1. The highest BCUT2D eigenvalue weighted by Crippen LogP contribution is 2.37. The fraction of sp³-hybridized carbons (Fsp3) is 0.207. The van der Waals surface area contributed by atoms with E-state index in [1.807, 2.05) is 30.3 Å². The van der Waals surface area contributed by atoms with Crippen molar-refractivity contribution in [2.24, 2.45) is 0 Å². The molecule has 2 N–H and O–H groups in total. The lowest BCUT2D eigenvalue weighted by atomic mass is 10.0. The lowest BCUT2D eigenvalue weighted by Gasteiger charge is -2.17. The van der Waals surface area contributed by atoms with Gasteiger partial charge in [0, 0.05) is 47.9 Å². The number of nitrogens with two attached hydrogens (primary N) is 1. The summed E-state index contributed by atoms with van der Waals surface area (Å²) in [6.45, 7) is 2.19. The van der Waals surface area contributed by atoms with Crippen molar-refractivity contribution in [3.05, 3.63) is 78.8 Å². The van der Waals surface area contributed by atoms with E-state index in [1.165, 1.54) is 5.56 Å². The molecule has 0 saturated heterocycles. The predicted octanol–water partition coefficient (Wildman–Crippen LogP) is 4.96. The van der Waals surface area contributed by atoms with Gasteiger partial charge in [0.05, 0.1) is 31.6 Å². The smallest absolute Gasteiger partial charge is 0.162 e. The highest BCUT2D eigenvalue weighted by Gasteiger charge is 2.14. The van der Waals surface area contributed by atoms with Gasteiger partial charge in [0.1, 0.15) is 18.2 Å². The van der Waals surface area contributed by atoms with Gasteiger partial charge in [-0.25, -0.2) is 4.98 Å². The lowest BCUT2D eigenvalue weighted by molar-refractivity contribution is 0.232. The van der Waals surface area contributed by atoms with Crippen molar-refractivity contribution in [2.75, 3.05) is 40.2 Å². The first-order valence-electron chi connectivity index (χ1n) is 12.0. The summed E-state index contributed by atoms with van der Waals surface area (Å²) < 4.78 is 17.0. The Bertz CT molecular complexity index is 1540. The van der Waals surface area contributed by atoms with Crippen molar-refractivity contribution < 1.29 is 14.2 Å². The van der Waals surface area contributed by atoms with Crippen molar-refractivity contribution in [3.8, 4) is 28.5 Å². The summed E-state index contributed by atoms with van der Waals surface area (Å²) in [6.07, 6.45) is 5.20. The molecule has 0 spiro atoms. The Hall–Kier alpha value is -4.43. The molecule has 0 atom stereocenters. The minimum atomic E-state index is 0.394. The Balaban J connectivity index is 1.39. The SMILES string of the molecule is COc1cc2ncc3c(N)nc(-c4cncc(OCCN(C)Cc5ccccc5)c4)cc3c2cc1OC. The molecular formula is C29H29N5O3. The number of hydrogen-bond acceptors (Lipinski definition) is 8. The van der Waals surface area contributed by atoms with Crippen LogP contribution in [-0.2, 0) is 6.54 Å². The number of likely N-dealkylation sites (N-methyl/N-ethyl adjacent to an activating group) is 1. The van der Waals surface area contributed by atoms with Crippen molar-refractivity contribution in [2.45, 2.75) is 6.54 Å². The summed E-state index contributed by atoms with van der Waals surface area (Å²) in [5, 5.41) is 2.58. The van der Waals surface area contributed by atoms with Crippen LogP contribution in [0.4, 0.5) is 5.82 Å². The Labute approximate surface area is 215 Å². The predicted molar refractivity (Wildman–Crippen MR) is 146 cm³/mol. The van der Waals surface area contributed by atoms with Gasteiger partial charge in [0.15, 0.2) is 11.5 Å². The fourth-order valence-corrected chi connectivity index (χ4v) is 4.34. The summed E-state index contributed by atoms with van der Waals surface area (Å²) in [5.41, 5.74) is 9.92. The van der Waals surface area contributed by atoms with Crippen LogP contribution in [0.2, 0.25) is 0 Å². The van der Waals surface area contributed by atoms with E-state index in [0.717, 1.165) is 40.3 Å². The zero-order chi connectivity index (χ0) is 25.8. The van der Waals surface area contributed by atoms with E-state index < -0.39 is 0 Å². The zero-order valence-corrected chi connectivity index (χ0v) is 21.1. The Morgan fingerprint density at radius 2 is 1.65 bits per heavy atom. The van der Waals surface area contributed by atoms with Crippen molar-refractivity contribution >= 4 is 27.5 Å². The van der Waals surface area contributed by atoms with Gasteiger partial charge in [-0.1, -0.05) is 30.3 Å². The summed E-state index contributed by atoms with van der Waals surface area (Å²) in [6, 6.07) is 18.1. The number of benzene rings is 2. The number of rotatable bonds is 9. The van der Waals surface area contributed by atoms with Crippen LogP contribution in [-0.4, -0.2) is 54.3 Å². The Kier molecular flexibility index (Phi) is 7.00. The highest BCUT2D eigenvalue weighted by atomic mass is 16.5. The topological polar surface area (TPSA) is 95.6 Å². The van der Waals surface area contributed by atoms with Gasteiger partial charge < -0.3 is 19.9 Å². The van der Waals surface area contributed by atoms with Crippen LogP contribution in [0, 0.1) is 0 Å². The summed E-state index contributed by atoms with van der Waals surface area (Å²) in [7, 11) is 5.30. The van der Waals surface area contributed by atoms with E-state index in [1.54, 1.807) is 32.8 Å². The molecule has 0 saturated carbocycles.